The Balaban J connectivity index is 1.95. The topological polar surface area (TPSA) is 45.6 Å². The normalized spacial score (nSPS) is 19.9. The number of ether oxygens (including phenoxy) is 1. The SMILES string of the molecule is Cc1cc(C)c(CO)c(OCCC2CCCN2C)n1. The average Bonchev–Trinajstić information content (AvgIpc) is 2.75. The second-order valence-electron chi connectivity index (χ2n) is 5.44. The van der Waals surface area contributed by atoms with E-state index in [0.717, 1.165) is 23.2 Å². The van der Waals surface area contributed by atoms with E-state index in [1.54, 1.807) is 0 Å². The Morgan fingerprint density at radius 1 is 1.47 bits per heavy atom. The van der Waals surface area contributed by atoms with Crippen LogP contribution in [0.2, 0.25) is 0 Å². The number of aliphatic hydroxyl groups excluding tert-OH is 1. The minimum absolute atomic E-state index is 0.0161. The summed E-state index contributed by atoms with van der Waals surface area (Å²) in [6.45, 7) is 5.77. The molecule has 0 radical (unpaired) electrons. The number of pyridine rings is 1. The summed E-state index contributed by atoms with van der Waals surface area (Å²) in [4.78, 5) is 6.79. The summed E-state index contributed by atoms with van der Waals surface area (Å²) in [6, 6.07) is 2.60. The Kier molecular flexibility index (Phi) is 4.77. The van der Waals surface area contributed by atoms with E-state index in [-0.39, 0.29) is 6.61 Å². The van der Waals surface area contributed by atoms with Gasteiger partial charge in [0.05, 0.1) is 13.2 Å². The van der Waals surface area contributed by atoms with Crippen molar-refractivity contribution in [1.82, 2.24) is 9.88 Å². The lowest BCUT2D eigenvalue weighted by atomic mass is 10.1. The zero-order chi connectivity index (χ0) is 13.8. The fourth-order valence-electron chi connectivity index (χ4n) is 2.78. The van der Waals surface area contributed by atoms with Gasteiger partial charge in [0.2, 0.25) is 5.88 Å². The van der Waals surface area contributed by atoms with E-state index in [2.05, 4.69) is 16.9 Å². The molecule has 1 unspecified atom stereocenters. The van der Waals surface area contributed by atoms with Crippen LogP contribution in [0.1, 0.15) is 36.1 Å². The third-order valence-electron chi connectivity index (χ3n) is 3.96. The monoisotopic (exact) mass is 264 g/mol. The van der Waals surface area contributed by atoms with E-state index < -0.39 is 0 Å². The second-order valence-corrected chi connectivity index (χ2v) is 5.44. The molecule has 1 N–H and O–H groups in total. The van der Waals surface area contributed by atoms with E-state index in [4.69, 9.17) is 4.74 Å². The van der Waals surface area contributed by atoms with Crippen molar-refractivity contribution >= 4 is 0 Å². The molecule has 1 fully saturated rings. The second kappa shape index (κ2) is 6.35. The van der Waals surface area contributed by atoms with Crippen LogP contribution in [-0.2, 0) is 6.61 Å². The summed E-state index contributed by atoms with van der Waals surface area (Å²) in [6.07, 6.45) is 3.56. The van der Waals surface area contributed by atoms with Gasteiger partial charge in [-0.3, -0.25) is 0 Å². The molecule has 0 saturated carbocycles. The fraction of sp³-hybridized carbons (Fsp3) is 0.667. The summed E-state index contributed by atoms with van der Waals surface area (Å²) in [5.41, 5.74) is 2.79. The molecular weight excluding hydrogens is 240 g/mol. The molecule has 1 saturated heterocycles. The number of aliphatic hydroxyl groups is 1. The van der Waals surface area contributed by atoms with Crippen molar-refractivity contribution in [2.75, 3.05) is 20.2 Å². The molecule has 0 spiro atoms. The van der Waals surface area contributed by atoms with E-state index in [9.17, 15) is 5.11 Å². The van der Waals surface area contributed by atoms with Crippen LogP contribution in [-0.4, -0.2) is 41.2 Å². The maximum atomic E-state index is 9.41. The first kappa shape index (κ1) is 14.3. The molecule has 4 nitrogen and oxygen atoms in total. The Labute approximate surface area is 115 Å². The molecule has 1 aliphatic heterocycles. The predicted molar refractivity (Wildman–Crippen MR) is 75.4 cm³/mol. The maximum Gasteiger partial charge on any atom is 0.219 e. The third-order valence-corrected chi connectivity index (χ3v) is 3.96. The van der Waals surface area contributed by atoms with Crippen LogP contribution >= 0.6 is 0 Å². The van der Waals surface area contributed by atoms with E-state index in [0.29, 0.717) is 18.5 Å². The molecule has 2 heterocycles. The van der Waals surface area contributed by atoms with Crippen LogP contribution in [0.25, 0.3) is 0 Å². The smallest absolute Gasteiger partial charge is 0.219 e. The van der Waals surface area contributed by atoms with Crippen molar-refractivity contribution in [3.63, 3.8) is 0 Å². The largest absolute Gasteiger partial charge is 0.477 e. The molecule has 0 bridgehead atoms. The molecule has 2 rings (SSSR count). The van der Waals surface area contributed by atoms with Gasteiger partial charge >= 0.3 is 0 Å². The molecule has 106 valence electrons. The van der Waals surface area contributed by atoms with Gasteiger partial charge in [0, 0.05) is 17.3 Å². The van der Waals surface area contributed by atoms with Crippen molar-refractivity contribution < 1.29 is 9.84 Å². The van der Waals surface area contributed by atoms with Crippen LogP contribution in [0.5, 0.6) is 5.88 Å². The van der Waals surface area contributed by atoms with Crippen LogP contribution in [0, 0.1) is 13.8 Å². The Morgan fingerprint density at radius 3 is 2.89 bits per heavy atom. The lowest BCUT2D eigenvalue weighted by Gasteiger charge is -2.19. The van der Waals surface area contributed by atoms with Crippen LogP contribution in [0.3, 0.4) is 0 Å². The molecule has 0 amide bonds. The van der Waals surface area contributed by atoms with Gasteiger partial charge in [-0.1, -0.05) is 0 Å². The van der Waals surface area contributed by atoms with Crippen molar-refractivity contribution in [2.45, 2.75) is 45.8 Å². The molecule has 0 aliphatic carbocycles. The van der Waals surface area contributed by atoms with Gasteiger partial charge in [-0.25, -0.2) is 4.98 Å². The van der Waals surface area contributed by atoms with Gasteiger partial charge in [-0.2, -0.15) is 0 Å². The molecule has 0 aromatic carbocycles. The number of hydrogen-bond donors (Lipinski definition) is 1. The molecule has 19 heavy (non-hydrogen) atoms. The minimum atomic E-state index is -0.0161. The highest BCUT2D eigenvalue weighted by Gasteiger charge is 2.20. The van der Waals surface area contributed by atoms with E-state index >= 15 is 0 Å². The van der Waals surface area contributed by atoms with Gasteiger partial charge in [0.25, 0.3) is 0 Å². The molecule has 1 aromatic heterocycles. The van der Waals surface area contributed by atoms with Gasteiger partial charge < -0.3 is 14.7 Å². The van der Waals surface area contributed by atoms with Gasteiger partial charge in [-0.05, 0) is 58.3 Å². The summed E-state index contributed by atoms with van der Waals surface area (Å²) in [5.74, 6) is 0.598. The number of aryl methyl sites for hydroxylation is 2. The standard InChI is InChI=1S/C15H24N2O2/c1-11-9-12(2)16-15(14(11)10-18)19-8-6-13-5-4-7-17(13)3/h9,13,18H,4-8,10H2,1-3H3. The van der Waals surface area contributed by atoms with Crippen molar-refractivity contribution in [3.8, 4) is 5.88 Å². The van der Waals surface area contributed by atoms with Crippen LogP contribution in [0.4, 0.5) is 0 Å². The molecule has 1 aromatic rings. The lowest BCUT2D eigenvalue weighted by Crippen LogP contribution is -2.26. The molecular formula is C15H24N2O2. The van der Waals surface area contributed by atoms with Gasteiger partial charge in [-0.15, -0.1) is 0 Å². The predicted octanol–water partition coefficient (Wildman–Crippen LogP) is 2.05. The zero-order valence-electron chi connectivity index (χ0n) is 12.1. The van der Waals surface area contributed by atoms with Crippen molar-refractivity contribution in [3.05, 3.63) is 22.9 Å². The van der Waals surface area contributed by atoms with Crippen LogP contribution in [0.15, 0.2) is 6.07 Å². The number of likely N-dealkylation sites (tertiary alicyclic amines) is 1. The highest BCUT2D eigenvalue weighted by molar-refractivity contribution is 5.35. The first-order valence-electron chi connectivity index (χ1n) is 7.03. The summed E-state index contributed by atoms with van der Waals surface area (Å²) in [5, 5.41) is 9.41. The Bertz CT molecular complexity index is 434. The number of hydrogen-bond acceptors (Lipinski definition) is 4. The number of nitrogens with zero attached hydrogens (tertiary/aromatic N) is 2. The fourth-order valence-corrected chi connectivity index (χ4v) is 2.78. The Morgan fingerprint density at radius 2 is 2.26 bits per heavy atom. The number of aromatic nitrogens is 1. The van der Waals surface area contributed by atoms with Gasteiger partial charge in [0.15, 0.2) is 0 Å². The first-order chi connectivity index (χ1) is 9.11. The maximum absolute atomic E-state index is 9.41. The zero-order valence-corrected chi connectivity index (χ0v) is 12.1. The summed E-state index contributed by atoms with van der Waals surface area (Å²) < 4.78 is 5.80. The average molecular weight is 264 g/mol. The van der Waals surface area contributed by atoms with Gasteiger partial charge in [0.1, 0.15) is 0 Å². The number of rotatable bonds is 5. The highest BCUT2D eigenvalue weighted by Crippen LogP contribution is 2.22. The van der Waals surface area contributed by atoms with E-state index in [1.807, 2.05) is 19.9 Å². The summed E-state index contributed by atoms with van der Waals surface area (Å²) >= 11 is 0. The van der Waals surface area contributed by atoms with E-state index in [1.165, 1.54) is 19.4 Å². The summed E-state index contributed by atoms with van der Waals surface area (Å²) in [7, 11) is 2.17. The third kappa shape index (κ3) is 3.45. The molecule has 1 atom stereocenters. The molecule has 1 aliphatic rings. The van der Waals surface area contributed by atoms with Crippen LogP contribution < -0.4 is 4.74 Å². The minimum Gasteiger partial charge on any atom is -0.477 e. The van der Waals surface area contributed by atoms with Crippen molar-refractivity contribution in [2.24, 2.45) is 0 Å². The first-order valence-corrected chi connectivity index (χ1v) is 7.03. The lowest BCUT2D eigenvalue weighted by molar-refractivity contribution is 0.219. The highest BCUT2D eigenvalue weighted by atomic mass is 16.5. The Hall–Kier alpha value is -1.13. The molecule has 4 heteroatoms. The quantitative estimate of drug-likeness (QED) is 0.884. The van der Waals surface area contributed by atoms with Crippen molar-refractivity contribution in [1.29, 1.82) is 0 Å².